The highest BCUT2D eigenvalue weighted by Crippen LogP contribution is 2.35. The first-order chi connectivity index (χ1) is 12.6. The van der Waals surface area contributed by atoms with E-state index in [1.165, 1.54) is 0 Å². The van der Waals surface area contributed by atoms with E-state index in [1.54, 1.807) is 30.3 Å². The van der Waals surface area contributed by atoms with Crippen LogP contribution in [-0.2, 0) is 6.61 Å². The summed E-state index contributed by atoms with van der Waals surface area (Å²) in [5, 5.41) is 0. The summed E-state index contributed by atoms with van der Waals surface area (Å²) in [5.74, 6) is 2.61. The first-order valence-electron chi connectivity index (χ1n) is 8.10. The lowest BCUT2D eigenvalue weighted by Gasteiger charge is -2.07. The Balaban J connectivity index is 1.50. The van der Waals surface area contributed by atoms with Crippen LogP contribution in [0, 0.1) is 6.92 Å². The van der Waals surface area contributed by atoms with Crippen LogP contribution < -0.4 is 9.47 Å². The van der Waals surface area contributed by atoms with Crippen molar-refractivity contribution in [3.8, 4) is 11.5 Å². The van der Waals surface area contributed by atoms with Crippen LogP contribution in [0.1, 0.15) is 27.4 Å². The van der Waals surface area contributed by atoms with Gasteiger partial charge in [-0.2, -0.15) is 0 Å². The van der Waals surface area contributed by atoms with Crippen molar-refractivity contribution < 1.29 is 18.7 Å². The summed E-state index contributed by atoms with van der Waals surface area (Å²) in [6.07, 6.45) is 1.61. The van der Waals surface area contributed by atoms with E-state index in [4.69, 9.17) is 13.9 Å². The van der Waals surface area contributed by atoms with Gasteiger partial charge in [0, 0.05) is 16.6 Å². The minimum absolute atomic E-state index is 0.159. The van der Waals surface area contributed by atoms with Crippen molar-refractivity contribution in [2.75, 3.05) is 0 Å². The second-order valence-corrected chi connectivity index (χ2v) is 6.88. The number of fused-ring (bicyclic) bond motifs is 1. The van der Waals surface area contributed by atoms with E-state index in [1.807, 2.05) is 37.3 Å². The quantitative estimate of drug-likeness (QED) is 0.529. The summed E-state index contributed by atoms with van der Waals surface area (Å²) < 4.78 is 18.0. The third-order valence-corrected chi connectivity index (χ3v) is 4.52. The van der Waals surface area contributed by atoms with Crippen LogP contribution in [-0.4, -0.2) is 5.78 Å². The average molecular weight is 411 g/mol. The molecule has 1 aromatic heterocycles. The Bertz CT molecular complexity index is 999. The maximum atomic E-state index is 12.5. The number of allylic oxidation sites excluding steroid dienone is 1. The molecule has 4 rings (SSSR count). The van der Waals surface area contributed by atoms with Crippen LogP contribution in [0.4, 0.5) is 0 Å². The van der Waals surface area contributed by atoms with Gasteiger partial charge in [0.2, 0.25) is 5.78 Å². The van der Waals surface area contributed by atoms with E-state index in [0.717, 1.165) is 15.8 Å². The van der Waals surface area contributed by atoms with Crippen molar-refractivity contribution >= 4 is 27.8 Å². The molecule has 5 heteroatoms. The molecular weight excluding hydrogens is 396 g/mol. The number of carbonyl (C=O) groups is 1. The van der Waals surface area contributed by atoms with E-state index in [2.05, 4.69) is 15.9 Å². The zero-order valence-electron chi connectivity index (χ0n) is 14.0. The van der Waals surface area contributed by atoms with Crippen LogP contribution in [0.3, 0.4) is 0 Å². The Labute approximate surface area is 159 Å². The van der Waals surface area contributed by atoms with Crippen molar-refractivity contribution in [2.45, 2.75) is 13.5 Å². The molecule has 2 heterocycles. The van der Waals surface area contributed by atoms with Crippen LogP contribution in [0.15, 0.2) is 69.2 Å². The molecule has 0 saturated heterocycles. The van der Waals surface area contributed by atoms with Gasteiger partial charge < -0.3 is 13.9 Å². The van der Waals surface area contributed by atoms with Crippen LogP contribution in [0.5, 0.6) is 11.5 Å². The molecular formula is C21H15BrO4. The van der Waals surface area contributed by atoms with Crippen molar-refractivity contribution in [1.29, 1.82) is 0 Å². The minimum Gasteiger partial charge on any atom is -0.489 e. The molecule has 0 amide bonds. The summed E-state index contributed by atoms with van der Waals surface area (Å²) in [7, 11) is 0. The molecule has 1 aliphatic heterocycles. The smallest absolute Gasteiger partial charge is 0.232 e. The molecule has 0 fully saturated rings. The number of ether oxygens (including phenoxy) is 2. The molecule has 0 saturated carbocycles. The second-order valence-electron chi connectivity index (χ2n) is 5.96. The van der Waals surface area contributed by atoms with E-state index < -0.39 is 0 Å². The Morgan fingerprint density at radius 3 is 2.62 bits per heavy atom. The highest BCUT2D eigenvalue weighted by atomic mass is 79.9. The number of hydrogen-bond acceptors (Lipinski definition) is 4. The Morgan fingerprint density at radius 1 is 1.08 bits per heavy atom. The average Bonchev–Trinajstić information content (AvgIpc) is 3.18. The molecule has 2 aromatic carbocycles. The number of halogens is 1. The third-order valence-electron chi connectivity index (χ3n) is 3.99. The number of Topliss-reactive ketones (excluding diaryl/α,β-unsaturated/α-hetero) is 1. The van der Waals surface area contributed by atoms with Gasteiger partial charge in [0.05, 0.1) is 5.56 Å². The third kappa shape index (κ3) is 3.44. The Kier molecular flexibility index (Phi) is 4.39. The highest BCUT2D eigenvalue weighted by Gasteiger charge is 2.28. The number of aryl methyl sites for hydroxylation is 1. The zero-order chi connectivity index (χ0) is 18.1. The molecule has 4 nitrogen and oxygen atoms in total. The number of benzene rings is 2. The molecule has 130 valence electrons. The molecule has 0 aliphatic carbocycles. The van der Waals surface area contributed by atoms with E-state index in [0.29, 0.717) is 29.4 Å². The molecule has 0 spiro atoms. The van der Waals surface area contributed by atoms with E-state index >= 15 is 0 Å². The summed E-state index contributed by atoms with van der Waals surface area (Å²) in [6.45, 7) is 2.29. The normalized spacial score (nSPS) is 14.4. The van der Waals surface area contributed by atoms with Crippen LogP contribution >= 0.6 is 15.9 Å². The monoisotopic (exact) mass is 410 g/mol. The van der Waals surface area contributed by atoms with E-state index in [-0.39, 0.29) is 11.5 Å². The van der Waals surface area contributed by atoms with Gasteiger partial charge >= 0.3 is 0 Å². The topological polar surface area (TPSA) is 48.7 Å². The summed E-state index contributed by atoms with van der Waals surface area (Å²) in [6, 6.07) is 16.8. The van der Waals surface area contributed by atoms with Crippen molar-refractivity contribution in [3.63, 3.8) is 0 Å². The predicted molar refractivity (Wildman–Crippen MR) is 101 cm³/mol. The molecule has 0 bridgehead atoms. The largest absolute Gasteiger partial charge is 0.489 e. The Morgan fingerprint density at radius 2 is 1.88 bits per heavy atom. The van der Waals surface area contributed by atoms with Gasteiger partial charge in [-0.1, -0.05) is 28.1 Å². The van der Waals surface area contributed by atoms with Gasteiger partial charge in [0.1, 0.15) is 29.6 Å². The molecule has 0 radical (unpaired) electrons. The van der Waals surface area contributed by atoms with E-state index in [9.17, 15) is 4.79 Å². The summed E-state index contributed by atoms with van der Waals surface area (Å²) >= 11 is 3.41. The maximum Gasteiger partial charge on any atom is 0.232 e. The van der Waals surface area contributed by atoms with Gasteiger partial charge in [-0.05, 0) is 48.9 Å². The fourth-order valence-electron chi connectivity index (χ4n) is 2.66. The molecule has 3 aromatic rings. The lowest BCUT2D eigenvalue weighted by atomic mass is 10.1. The first kappa shape index (κ1) is 16.7. The van der Waals surface area contributed by atoms with Gasteiger partial charge in [0.15, 0.2) is 5.76 Å². The number of ketones is 1. The number of hydrogen-bond donors (Lipinski definition) is 0. The van der Waals surface area contributed by atoms with Crippen molar-refractivity contribution in [2.24, 2.45) is 0 Å². The number of furan rings is 1. The first-order valence-corrected chi connectivity index (χ1v) is 8.90. The van der Waals surface area contributed by atoms with Gasteiger partial charge in [0.25, 0.3) is 0 Å². The molecule has 0 unspecified atom stereocenters. The number of rotatable bonds is 4. The Hall–Kier alpha value is -2.79. The molecule has 0 atom stereocenters. The standard InChI is InChI=1S/C21H15BrO4/c1-13-2-7-17(25-13)11-20-21(23)18-9-8-16(10-19(18)26-20)24-12-14-3-5-15(22)6-4-14/h2-11H,12H2,1H3/b20-11+. The molecule has 26 heavy (non-hydrogen) atoms. The lowest BCUT2D eigenvalue weighted by Crippen LogP contribution is -1.97. The summed E-state index contributed by atoms with van der Waals surface area (Å²) in [4.78, 5) is 12.5. The fourth-order valence-corrected chi connectivity index (χ4v) is 2.93. The van der Waals surface area contributed by atoms with Crippen LogP contribution in [0.2, 0.25) is 0 Å². The maximum absolute atomic E-state index is 12.5. The highest BCUT2D eigenvalue weighted by molar-refractivity contribution is 9.10. The van der Waals surface area contributed by atoms with Crippen molar-refractivity contribution in [3.05, 3.63) is 87.5 Å². The zero-order valence-corrected chi connectivity index (χ0v) is 15.6. The summed E-state index contributed by atoms with van der Waals surface area (Å²) in [5.41, 5.74) is 1.58. The van der Waals surface area contributed by atoms with Gasteiger partial charge in [-0.3, -0.25) is 4.79 Å². The fraction of sp³-hybridized carbons (Fsp3) is 0.0952. The molecule has 0 N–H and O–H groups in total. The van der Waals surface area contributed by atoms with Crippen LogP contribution in [0.25, 0.3) is 6.08 Å². The minimum atomic E-state index is -0.159. The van der Waals surface area contributed by atoms with Gasteiger partial charge in [-0.25, -0.2) is 0 Å². The lowest BCUT2D eigenvalue weighted by molar-refractivity contribution is 0.101. The van der Waals surface area contributed by atoms with Crippen molar-refractivity contribution in [1.82, 2.24) is 0 Å². The predicted octanol–water partition coefficient (Wildman–Crippen LogP) is 5.55. The SMILES string of the molecule is Cc1ccc(/C=C2/Oc3cc(OCc4ccc(Br)cc4)ccc3C2=O)o1. The number of carbonyl (C=O) groups excluding carboxylic acids is 1. The second kappa shape index (κ2) is 6.84. The van der Waals surface area contributed by atoms with Gasteiger partial charge in [-0.15, -0.1) is 0 Å². The molecule has 1 aliphatic rings.